The summed E-state index contributed by atoms with van der Waals surface area (Å²) in [6.45, 7) is 1.86. The van der Waals surface area contributed by atoms with E-state index in [-0.39, 0.29) is 5.91 Å². The average molecular weight is 544 g/mol. The summed E-state index contributed by atoms with van der Waals surface area (Å²) in [6.07, 6.45) is 0. The highest BCUT2D eigenvalue weighted by molar-refractivity contribution is 7.80. The quantitative estimate of drug-likeness (QED) is 0.359. The van der Waals surface area contributed by atoms with Crippen molar-refractivity contribution in [2.75, 3.05) is 29.6 Å². The number of benzene rings is 2. The SMILES string of the molecule is CNc1c#cc(NC(=S)[C@H](C)C2N=C(c3ccccc3Cl)c3cc(Cl)ccc3N(C)C2=O)cc1Cl. The van der Waals surface area contributed by atoms with E-state index in [1.165, 1.54) is 0 Å². The van der Waals surface area contributed by atoms with Gasteiger partial charge < -0.3 is 15.5 Å². The van der Waals surface area contributed by atoms with Gasteiger partial charge in [0.25, 0.3) is 5.91 Å². The number of nitrogens with one attached hydrogen (secondary N) is 2. The number of carbonyl (C=O) groups is 1. The standard InChI is InChI=1S/C26H21Cl3N4OS/c1-14(25(35)31-16-9-10-21(30-2)20(29)13-16)23-26(34)33(3)22-11-8-15(27)12-18(22)24(32-23)17-6-4-5-7-19(17)28/h4-8,11-14,23,30H,1-3H3,(H,31,35)/t14-,23?/m1/s1. The van der Waals surface area contributed by atoms with Crippen LogP contribution < -0.4 is 15.5 Å². The molecule has 0 fully saturated rings. The minimum Gasteiger partial charge on any atom is -0.380 e. The van der Waals surface area contributed by atoms with Gasteiger partial charge in [-0.2, -0.15) is 0 Å². The van der Waals surface area contributed by atoms with E-state index in [0.29, 0.717) is 54.0 Å². The largest absolute Gasteiger partial charge is 0.380 e. The van der Waals surface area contributed by atoms with Gasteiger partial charge >= 0.3 is 0 Å². The maximum Gasteiger partial charge on any atom is 0.252 e. The van der Waals surface area contributed by atoms with Crippen LogP contribution in [-0.2, 0) is 4.79 Å². The van der Waals surface area contributed by atoms with Gasteiger partial charge in [-0.15, -0.1) is 0 Å². The van der Waals surface area contributed by atoms with E-state index in [1.54, 1.807) is 43.3 Å². The smallest absolute Gasteiger partial charge is 0.252 e. The molecule has 4 rings (SSSR count). The second kappa shape index (κ2) is 10.4. The van der Waals surface area contributed by atoms with Crippen molar-refractivity contribution in [3.8, 4) is 0 Å². The molecule has 0 saturated heterocycles. The zero-order valence-corrected chi connectivity index (χ0v) is 22.2. The summed E-state index contributed by atoms with van der Waals surface area (Å²) in [4.78, 5) is 20.5. The molecule has 1 aliphatic rings. The lowest BCUT2D eigenvalue weighted by Crippen LogP contribution is -2.41. The van der Waals surface area contributed by atoms with Gasteiger partial charge in [0, 0.05) is 41.2 Å². The molecule has 0 aliphatic carbocycles. The number of anilines is 3. The second-order valence-corrected chi connectivity index (χ2v) is 9.71. The molecule has 0 aromatic heterocycles. The Morgan fingerprint density at radius 2 is 1.83 bits per heavy atom. The van der Waals surface area contributed by atoms with E-state index in [0.717, 1.165) is 0 Å². The van der Waals surface area contributed by atoms with Crippen molar-refractivity contribution in [1.82, 2.24) is 0 Å². The van der Waals surface area contributed by atoms with Crippen LogP contribution in [0.5, 0.6) is 0 Å². The van der Waals surface area contributed by atoms with Crippen LogP contribution >= 0.6 is 47.0 Å². The van der Waals surface area contributed by atoms with E-state index in [9.17, 15) is 4.79 Å². The maximum absolute atomic E-state index is 13.6. The zero-order chi connectivity index (χ0) is 25.3. The molecule has 1 amide bonds. The number of rotatable bonds is 5. The molecule has 3 aromatic carbocycles. The molecule has 1 heterocycles. The van der Waals surface area contributed by atoms with E-state index in [4.69, 9.17) is 52.0 Å². The molecule has 2 N–H and O–H groups in total. The van der Waals surface area contributed by atoms with Crippen LogP contribution in [0, 0.1) is 18.1 Å². The summed E-state index contributed by atoms with van der Waals surface area (Å²) < 4.78 is 0. The molecule has 9 heteroatoms. The van der Waals surface area contributed by atoms with Crippen LogP contribution in [0.2, 0.25) is 15.1 Å². The molecular formula is C26H21Cl3N4OS. The second-order valence-electron chi connectivity index (χ2n) is 8.02. The number of likely N-dealkylation sites (N-methyl/N-ethyl adjacent to an activating group) is 1. The average Bonchev–Trinajstić information content (AvgIpc) is 2.94. The molecule has 1 unspecified atom stereocenters. The Balaban J connectivity index is 1.76. The molecule has 1 aliphatic heterocycles. The monoisotopic (exact) mass is 542 g/mol. The Bertz CT molecular complexity index is 1340. The van der Waals surface area contributed by atoms with Gasteiger partial charge in [0.1, 0.15) is 11.7 Å². The highest BCUT2D eigenvalue weighted by Gasteiger charge is 2.35. The number of aliphatic imine (C=N–C) groups is 1. The van der Waals surface area contributed by atoms with E-state index in [1.807, 2.05) is 31.2 Å². The van der Waals surface area contributed by atoms with Gasteiger partial charge in [-0.3, -0.25) is 9.79 Å². The number of benzodiazepines with no additional fused rings is 1. The van der Waals surface area contributed by atoms with Crippen molar-refractivity contribution >= 4 is 80.7 Å². The van der Waals surface area contributed by atoms with Crippen LogP contribution in [-0.4, -0.2) is 36.7 Å². The normalized spacial score (nSPS) is 15.9. The third-order valence-electron chi connectivity index (χ3n) is 5.78. The van der Waals surface area contributed by atoms with Crippen molar-refractivity contribution in [3.05, 3.63) is 86.9 Å². The molecule has 0 saturated carbocycles. The topological polar surface area (TPSA) is 56.7 Å². The first-order chi connectivity index (χ1) is 16.7. The van der Waals surface area contributed by atoms with Gasteiger partial charge in [-0.1, -0.05) is 72.1 Å². The van der Waals surface area contributed by atoms with Crippen LogP contribution in [0.4, 0.5) is 17.1 Å². The summed E-state index contributed by atoms with van der Waals surface area (Å²) in [5, 5.41) is 7.59. The van der Waals surface area contributed by atoms with Gasteiger partial charge in [0.15, 0.2) is 0 Å². The fourth-order valence-corrected chi connectivity index (χ4v) is 4.72. The highest BCUT2D eigenvalue weighted by Crippen LogP contribution is 2.33. The number of carbonyl (C=O) groups excluding carboxylic acids is 1. The third kappa shape index (κ3) is 5.10. The van der Waals surface area contributed by atoms with Crippen LogP contribution in [0.1, 0.15) is 18.1 Å². The number of thiocarbonyl (C=S) groups is 1. The number of halogens is 3. The first-order valence-corrected chi connectivity index (χ1v) is 12.3. The van der Waals surface area contributed by atoms with Crippen molar-refractivity contribution in [2.24, 2.45) is 10.9 Å². The fourth-order valence-electron chi connectivity index (χ4n) is 3.83. The molecule has 0 radical (unpaired) electrons. The Morgan fingerprint density at radius 1 is 1.09 bits per heavy atom. The minimum atomic E-state index is -0.812. The number of hydrogen-bond donors (Lipinski definition) is 2. The molecule has 178 valence electrons. The van der Waals surface area contributed by atoms with Crippen molar-refractivity contribution in [3.63, 3.8) is 0 Å². The number of nitrogens with zero attached hydrogens (tertiary/aromatic N) is 2. The van der Waals surface area contributed by atoms with Crippen LogP contribution in [0.25, 0.3) is 0 Å². The molecule has 5 nitrogen and oxygen atoms in total. The molecule has 3 aromatic rings. The minimum absolute atomic E-state index is 0.202. The predicted molar refractivity (Wildman–Crippen MR) is 150 cm³/mol. The van der Waals surface area contributed by atoms with Crippen molar-refractivity contribution < 1.29 is 4.79 Å². The number of amides is 1. The van der Waals surface area contributed by atoms with E-state index in [2.05, 4.69) is 22.8 Å². The Hall–Kier alpha value is -2.82. The highest BCUT2D eigenvalue weighted by atomic mass is 35.5. The summed E-state index contributed by atoms with van der Waals surface area (Å²) in [5.74, 6) is -0.662. The summed E-state index contributed by atoms with van der Waals surface area (Å²) in [6, 6.07) is 19.5. The number of hydrogen-bond acceptors (Lipinski definition) is 4. The lowest BCUT2D eigenvalue weighted by molar-refractivity contribution is -0.119. The molecule has 2 atom stereocenters. The fraction of sp³-hybridized carbons (Fsp3) is 0.192. The summed E-state index contributed by atoms with van der Waals surface area (Å²) in [7, 11) is 3.47. The van der Waals surface area contributed by atoms with Gasteiger partial charge in [-0.25, -0.2) is 0 Å². The zero-order valence-electron chi connectivity index (χ0n) is 19.1. The molecule has 0 bridgehead atoms. The maximum atomic E-state index is 13.6. The number of fused-ring (bicyclic) bond motifs is 1. The molecule has 35 heavy (non-hydrogen) atoms. The Kier molecular flexibility index (Phi) is 7.53. The Morgan fingerprint density at radius 3 is 2.51 bits per heavy atom. The third-order valence-corrected chi connectivity index (χ3v) is 7.12. The van der Waals surface area contributed by atoms with Gasteiger partial charge in [0.2, 0.25) is 0 Å². The van der Waals surface area contributed by atoms with Gasteiger partial charge in [-0.05, 0) is 42.5 Å². The first-order valence-electron chi connectivity index (χ1n) is 10.7. The van der Waals surface area contributed by atoms with Crippen molar-refractivity contribution in [2.45, 2.75) is 13.0 Å². The molecule has 0 spiro atoms. The summed E-state index contributed by atoms with van der Waals surface area (Å²) >= 11 is 24.8. The first kappa shape index (κ1) is 25.3. The van der Waals surface area contributed by atoms with Crippen LogP contribution in [0.15, 0.2) is 53.5 Å². The van der Waals surface area contributed by atoms with E-state index < -0.39 is 12.0 Å². The lowest BCUT2D eigenvalue weighted by Gasteiger charge is -2.24. The van der Waals surface area contributed by atoms with E-state index >= 15 is 0 Å². The predicted octanol–water partition coefficient (Wildman–Crippen LogP) is 6.55. The lowest BCUT2D eigenvalue weighted by atomic mass is 9.99. The molecular weight excluding hydrogens is 523 g/mol. The van der Waals surface area contributed by atoms with Gasteiger partial charge in [0.05, 0.1) is 27.1 Å². The summed E-state index contributed by atoms with van der Waals surface area (Å²) in [5.41, 5.74) is 3.85. The Labute approximate surface area is 225 Å². The van der Waals surface area contributed by atoms with Crippen LogP contribution in [0.3, 0.4) is 0 Å². The van der Waals surface area contributed by atoms with Crippen molar-refractivity contribution in [1.29, 1.82) is 0 Å².